The molecule has 1 atom stereocenters. The van der Waals surface area contributed by atoms with E-state index in [0.29, 0.717) is 5.92 Å². The molecule has 3 heterocycles. The van der Waals surface area contributed by atoms with E-state index in [2.05, 4.69) is 26.0 Å². The van der Waals surface area contributed by atoms with E-state index in [9.17, 15) is 9.18 Å². The van der Waals surface area contributed by atoms with E-state index in [-0.39, 0.29) is 17.8 Å². The van der Waals surface area contributed by atoms with E-state index < -0.39 is 5.41 Å². The number of benzene rings is 1. The van der Waals surface area contributed by atoms with Crippen molar-refractivity contribution in [3.63, 3.8) is 0 Å². The predicted molar refractivity (Wildman–Crippen MR) is 123 cm³/mol. The third-order valence-electron chi connectivity index (χ3n) is 6.22. The fourth-order valence-electron chi connectivity index (χ4n) is 4.38. The first-order chi connectivity index (χ1) is 14.7. The Labute approximate surface area is 187 Å². The minimum Gasteiger partial charge on any atom is -0.350 e. The molecule has 0 aliphatic carbocycles. The molecule has 31 heavy (non-hydrogen) atoms. The van der Waals surface area contributed by atoms with Crippen molar-refractivity contribution in [1.82, 2.24) is 19.8 Å². The second-order valence-electron chi connectivity index (χ2n) is 9.61. The van der Waals surface area contributed by atoms with E-state index in [1.54, 1.807) is 17.4 Å². The molecule has 2 aromatic heterocycles. The minimum absolute atomic E-state index is 0.0412. The Morgan fingerprint density at radius 3 is 2.71 bits per heavy atom. The van der Waals surface area contributed by atoms with Gasteiger partial charge in [-0.05, 0) is 55.6 Å². The molecular formula is C24H31FN4OS. The van der Waals surface area contributed by atoms with Gasteiger partial charge in [-0.2, -0.15) is 0 Å². The highest BCUT2D eigenvalue weighted by atomic mass is 32.1. The number of nitrogens with zero attached hydrogens (tertiary/aromatic N) is 3. The zero-order chi connectivity index (χ0) is 22.2. The summed E-state index contributed by atoms with van der Waals surface area (Å²) in [6, 6.07) is 4.96. The number of hydrogen-bond acceptors (Lipinski definition) is 4. The number of rotatable bonds is 5. The number of thiazole rings is 1. The normalized spacial score (nSPS) is 17.2. The van der Waals surface area contributed by atoms with Gasteiger partial charge in [0.05, 0.1) is 6.04 Å². The van der Waals surface area contributed by atoms with Crippen molar-refractivity contribution in [1.29, 1.82) is 0 Å². The van der Waals surface area contributed by atoms with Crippen LogP contribution in [0.1, 0.15) is 50.2 Å². The second-order valence-corrected chi connectivity index (χ2v) is 10.5. The molecule has 1 amide bonds. The molecule has 5 nitrogen and oxygen atoms in total. The average Bonchev–Trinajstić information content (AvgIpc) is 3.35. The van der Waals surface area contributed by atoms with E-state index in [4.69, 9.17) is 0 Å². The van der Waals surface area contributed by atoms with Gasteiger partial charge in [0, 0.05) is 47.7 Å². The Morgan fingerprint density at radius 2 is 2.06 bits per heavy atom. The number of hydrogen-bond donors (Lipinski definition) is 1. The Bertz CT molecular complexity index is 1050. The molecule has 1 aromatic carbocycles. The van der Waals surface area contributed by atoms with Crippen LogP contribution in [0.15, 0.2) is 36.0 Å². The molecule has 7 heteroatoms. The molecule has 0 bridgehead atoms. The largest absolute Gasteiger partial charge is 0.350 e. The maximum absolute atomic E-state index is 13.8. The number of fused-ring (bicyclic) bond motifs is 1. The van der Waals surface area contributed by atoms with Crippen LogP contribution in [-0.2, 0) is 18.4 Å². The van der Waals surface area contributed by atoms with Crippen LogP contribution < -0.4 is 5.32 Å². The Hall–Kier alpha value is -2.25. The van der Waals surface area contributed by atoms with Gasteiger partial charge in [-0.1, -0.05) is 20.8 Å². The molecule has 3 aromatic rings. The summed E-state index contributed by atoms with van der Waals surface area (Å²) in [5.41, 5.74) is 1.79. The summed E-state index contributed by atoms with van der Waals surface area (Å²) < 4.78 is 15.9. The molecule has 166 valence electrons. The molecule has 0 spiro atoms. The van der Waals surface area contributed by atoms with Crippen LogP contribution in [0, 0.1) is 17.2 Å². The molecular weight excluding hydrogens is 411 g/mol. The third kappa shape index (κ3) is 4.83. The van der Waals surface area contributed by atoms with Gasteiger partial charge in [0.25, 0.3) is 0 Å². The van der Waals surface area contributed by atoms with E-state index in [0.717, 1.165) is 53.9 Å². The van der Waals surface area contributed by atoms with Crippen molar-refractivity contribution in [2.75, 3.05) is 13.1 Å². The third-order valence-corrected chi connectivity index (χ3v) is 7.08. The van der Waals surface area contributed by atoms with Gasteiger partial charge >= 0.3 is 0 Å². The molecule has 1 unspecified atom stereocenters. The number of nitrogens with one attached hydrogen (secondary N) is 1. The quantitative estimate of drug-likeness (QED) is 0.612. The van der Waals surface area contributed by atoms with Crippen molar-refractivity contribution >= 4 is 28.1 Å². The Morgan fingerprint density at radius 1 is 1.32 bits per heavy atom. The summed E-state index contributed by atoms with van der Waals surface area (Å²) in [6.45, 7) is 8.53. The Kier molecular flexibility index (Phi) is 6.17. The molecule has 1 saturated heterocycles. The molecule has 1 aliphatic heterocycles. The number of halogens is 1. The first kappa shape index (κ1) is 22.0. The minimum atomic E-state index is -0.431. The topological polar surface area (TPSA) is 50.2 Å². The number of piperidine rings is 1. The van der Waals surface area contributed by atoms with Crippen molar-refractivity contribution in [2.24, 2.45) is 18.4 Å². The highest BCUT2D eigenvalue weighted by Crippen LogP contribution is 2.34. The summed E-state index contributed by atoms with van der Waals surface area (Å²) in [6.07, 6.45) is 5.91. The van der Waals surface area contributed by atoms with Crippen LogP contribution >= 0.6 is 11.3 Å². The highest BCUT2D eigenvalue weighted by Gasteiger charge is 2.33. The molecule has 1 aliphatic rings. The lowest BCUT2D eigenvalue weighted by atomic mass is 9.87. The van der Waals surface area contributed by atoms with Gasteiger partial charge in [0.1, 0.15) is 10.8 Å². The maximum Gasteiger partial charge on any atom is 0.225 e. The summed E-state index contributed by atoms with van der Waals surface area (Å²) in [7, 11) is 2.01. The first-order valence-electron chi connectivity index (χ1n) is 10.9. The van der Waals surface area contributed by atoms with Crippen molar-refractivity contribution < 1.29 is 9.18 Å². The van der Waals surface area contributed by atoms with Crippen LogP contribution in [0.25, 0.3) is 10.9 Å². The Balaban J connectivity index is 1.44. The lowest BCUT2D eigenvalue weighted by Gasteiger charge is -2.36. The smallest absolute Gasteiger partial charge is 0.225 e. The van der Waals surface area contributed by atoms with E-state index in [1.807, 2.05) is 45.5 Å². The number of carbonyl (C=O) groups excluding carboxylic acids is 1. The van der Waals surface area contributed by atoms with E-state index in [1.165, 1.54) is 6.07 Å². The zero-order valence-electron chi connectivity index (χ0n) is 18.7. The van der Waals surface area contributed by atoms with Crippen LogP contribution in [0.5, 0.6) is 0 Å². The van der Waals surface area contributed by atoms with Gasteiger partial charge in [-0.25, -0.2) is 9.37 Å². The summed E-state index contributed by atoms with van der Waals surface area (Å²) in [5, 5.41) is 7.22. The van der Waals surface area contributed by atoms with Gasteiger partial charge < -0.3 is 9.88 Å². The lowest BCUT2D eigenvalue weighted by molar-refractivity contribution is -0.129. The number of likely N-dealkylation sites (tertiary alicyclic amines) is 1. The number of carbonyl (C=O) groups is 1. The summed E-state index contributed by atoms with van der Waals surface area (Å²) in [4.78, 5) is 19.6. The zero-order valence-corrected chi connectivity index (χ0v) is 19.5. The van der Waals surface area contributed by atoms with Crippen molar-refractivity contribution in [2.45, 2.75) is 46.2 Å². The number of aromatic nitrogens is 2. The number of amides is 1. The standard InChI is InChI=1S/C24H31FN4OS/c1-24(2,3)23(30)27-21(22-26-9-12-31-22)16-7-10-29(11-8-16)15-17-14-28(4)20-6-5-18(25)13-19(17)20/h5-6,9,12-14,16,21H,7-8,10-11,15H2,1-4H3,(H,27,30). The first-order valence-corrected chi connectivity index (χ1v) is 11.8. The fourth-order valence-corrected chi connectivity index (χ4v) is 5.17. The van der Waals surface area contributed by atoms with Gasteiger partial charge in [0.15, 0.2) is 0 Å². The van der Waals surface area contributed by atoms with Crippen molar-refractivity contribution in [3.05, 3.63) is 52.4 Å². The van der Waals surface area contributed by atoms with Crippen molar-refractivity contribution in [3.8, 4) is 0 Å². The van der Waals surface area contributed by atoms with Crippen LogP contribution in [0.3, 0.4) is 0 Å². The average molecular weight is 443 g/mol. The fraction of sp³-hybridized carbons (Fsp3) is 0.500. The molecule has 0 radical (unpaired) electrons. The maximum atomic E-state index is 13.8. The van der Waals surface area contributed by atoms with Crippen LogP contribution in [0.2, 0.25) is 0 Å². The lowest BCUT2D eigenvalue weighted by Crippen LogP contribution is -2.43. The SMILES string of the molecule is Cn1cc(CN2CCC(C(NC(=O)C(C)(C)C)c3nccs3)CC2)c2cc(F)ccc21. The molecule has 4 rings (SSSR count). The predicted octanol–water partition coefficient (Wildman–Crippen LogP) is 4.89. The van der Waals surface area contributed by atoms with Gasteiger partial charge in [0.2, 0.25) is 5.91 Å². The molecule has 1 N–H and O–H groups in total. The highest BCUT2D eigenvalue weighted by molar-refractivity contribution is 7.09. The van der Waals surface area contributed by atoms with Gasteiger partial charge in [-0.15, -0.1) is 11.3 Å². The van der Waals surface area contributed by atoms with Crippen LogP contribution in [-0.4, -0.2) is 33.4 Å². The summed E-state index contributed by atoms with van der Waals surface area (Å²) in [5.74, 6) is 0.228. The summed E-state index contributed by atoms with van der Waals surface area (Å²) >= 11 is 1.61. The van der Waals surface area contributed by atoms with E-state index >= 15 is 0 Å². The monoisotopic (exact) mass is 442 g/mol. The molecule has 1 fully saturated rings. The van der Waals surface area contributed by atoms with Gasteiger partial charge in [-0.3, -0.25) is 9.69 Å². The number of aryl methyl sites for hydroxylation is 1. The second kappa shape index (κ2) is 8.71. The molecule has 0 saturated carbocycles. The van der Waals surface area contributed by atoms with Crippen LogP contribution in [0.4, 0.5) is 4.39 Å².